The molecule has 5 rings (SSSR count). The molecule has 120 valence electrons. The fourth-order valence-corrected chi connectivity index (χ4v) is 5.87. The fourth-order valence-electron chi connectivity index (χ4n) is 3.74. The molecule has 1 saturated heterocycles. The summed E-state index contributed by atoms with van der Waals surface area (Å²) in [6.07, 6.45) is 8.24. The van der Waals surface area contributed by atoms with Crippen molar-refractivity contribution in [3.05, 3.63) is 16.8 Å². The van der Waals surface area contributed by atoms with Crippen LogP contribution in [0.4, 0.5) is 0 Å². The predicted molar refractivity (Wildman–Crippen MR) is 94.6 cm³/mol. The van der Waals surface area contributed by atoms with Crippen molar-refractivity contribution >= 4 is 39.0 Å². The van der Waals surface area contributed by atoms with E-state index in [4.69, 9.17) is 0 Å². The van der Waals surface area contributed by atoms with Crippen LogP contribution >= 0.6 is 23.1 Å². The van der Waals surface area contributed by atoms with Gasteiger partial charge in [0.15, 0.2) is 10.8 Å². The number of aromatic nitrogens is 4. The smallest absolute Gasteiger partial charge is 0.196 e. The van der Waals surface area contributed by atoms with Gasteiger partial charge in [-0.05, 0) is 50.8 Å². The summed E-state index contributed by atoms with van der Waals surface area (Å²) >= 11 is 3.64. The normalized spacial score (nSPS) is 18.4. The number of hydrogen-bond acceptors (Lipinski definition) is 6. The molecule has 23 heavy (non-hydrogen) atoms. The van der Waals surface area contributed by atoms with E-state index in [1.54, 1.807) is 11.8 Å². The van der Waals surface area contributed by atoms with Crippen LogP contribution in [0.15, 0.2) is 11.5 Å². The quantitative estimate of drug-likeness (QED) is 0.680. The van der Waals surface area contributed by atoms with Crippen molar-refractivity contribution in [3.8, 4) is 0 Å². The number of aryl methyl sites for hydroxylation is 2. The summed E-state index contributed by atoms with van der Waals surface area (Å²) in [6, 6.07) is 0. The lowest BCUT2D eigenvalue weighted by atomic mass is 10.2. The van der Waals surface area contributed by atoms with Crippen LogP contribution in [-0.4, -0.2) is 49.9 Å². The third kappa shape index (κ3) is 2.37. The van der Waals surface area contributed by atoms with Crippen LogP contribution in [0.3, 0.4) is 0 Å². The Morgan fingerprint density at radius 3 is 2.96 bits per heavy atom. The highest BCUT2D eigenvalue weighted by molar-refractivity contribution is 7.99. The molecule has 0 N–H and O–H groups in total. The monoisotopic (exact) mass is 345 g/mol. The molecule has 0 saturated carbocycles. The summed E-state index contributed by atoms with van der Waals surface area (Å²) in [5, 5.41) is 11.2. The lowest BCUT2D eigenvalue weighted by Gasteiger charge is -2.12. The summed E-state index contributed by atoms with van der Waals surface area (Å²) in [6.45, 7) is 3.65. The molecule has 0 amide bonds. The maximum atomic E-state index is 4.67. The van der Waals surface area contributed by atoms with E-state index in [-0.39, 0.29) is 0 Å². The molecule has 0 radical (unpaired) electrons. The number of nitrogens with zero attached hydrogens (tertiary/aromatic N) is 5. The van der Waals surface area contributed by atoms with Gasteiger partial charge in [0.1, 0.15) is 11.2 Å². The van der Waals surface area contributed by atoms with Crippen LogP contribution in [0.5, 0.6) is 0 Å². The average Bonchev–Trinajstić information content (AvgIpc) is 3.30. The Hall–Kier alpha value is -1.18. The second kappa shape index (κ2) is 5.72. The van der Waals surface area contributed by atoms with Gasteiger partial charge >= 0.3 is 0 Å². The minimum Gasteiger partial charge on any atom is -0.303 e. The van der Waals surface area contributed by atoms with Crippen molar-refractivity contribution in [2.24, 2.45) is 0 Å². The van der Waals surface area contributed by atoms with Gasteiger partial charge < -0.3 is 4.90 Å². The molecule has 2 aliphatic rings. The van der Waals surface area contributed by atoms with Crippen LogP contribution in [-0.2, 0) is 12.8 Å². The first-order chi connectivity index (χ1) is 11.4. The number of hydrogen-bond donors (Lipinski definition) is 0. The molecule has 0 aromatic carbocycles. The molecule has 3 aromatic heterocycles. The minimum absolute atomic E-state index is 0.978. The number of likely N-dealkylation sites (tertiary alicyclic amines) is 1. The topological polar surface area (TPSA) is 46.3 Å². The fraction of sp³-hybridized carbons (Fsp3) is 0.562. The third-order valence-corrected chi connectivity index (χ3v) is 7.04. The molecular weight excluding hydrogens is 326 g/mol. The number of thioether (sulfide) groups is 1. The van der Waals surface area contributed by atoms with Gasteiger partial charge in [-0.25, -0.2) is 4.98 Å². The lowest BCUT2D eigenvalue weighted by molar-refractivity contribution is 0.362. The first-order valence-electron chi connectivity index (χ1n) is 8.39. The van der Waals surface area contributed by atoms with Crippen molar-refractivity contribution in [1.29, 1.82) is 0 Å². The summed E-state index contributed by atoms with van der Waals surface area (Å²) in [7, 11) is 0. The van der Waals surface area contributed by atoms with Gasteiger partial charge in [-0.1, -0.05) is 11.8 Å². The Morgan fingerprint density at radius 2 is 2.04 bits per heavy atom. The molecule has 1 aliphatic carbocycles. The van der Waals surface area contributed by atoms with Gasteiger partial charge in [-0.15, -0.1) is 21.5 Å². The molecule has 0 spiro atoms. The molecule has 3 aromatic rings. The van der Waals surface area contributed by atoms with Crippen LogP contribution in [0.2, 0.25) is 0 Å². The largest absolute Gasteiger partial charge is 0.303 e. The Labute approximate surface area is 143 Å². The van der Waals surface area contributed by atoms with E-state index in [9.17, 15) is 0 Å². The highest BCUT2D eigenvalue weighted by atomic mass is 32.2. The Bertz CT molecular complexity index is 862. The summed E-state index contributed by atoms with van der Waals surface area (Å²) in [4.78, 5) is 9.84. The summed E-state index contributed by atoms with van der Waals surface area (Å²) in [5.41, 5.74) is 2.47. The standard InChI is InChI=1S/C16H19N5S2/c1-2-7-20(6-1)8-9-22-16-19-18-14-13-11-4-3-5-12(11)23-15(13)17-10-21(14)16/h10H,1-9H2. The van der Waals surface area contributed by atoms with Crippen LogP contribution in [0.1, 0.15) is 29.7 Å². The molecule has 5 nitrogen and oxygen atoms in total. The highest BCUT2D eigenvalue weighted by Gasteiger charge is 2.22. The molecule has 0 bridgehead atoms. The van der Waals surface area contributed by atoms with Gasteiger partial charge in [-0.2, -0.15) is 0 Å². The summed E-state index contributed by atoms with van der Waals surface area (Å²) < 4.78 is 2.09. The molecule has 4 heterocycles. The minimum atomic E-state index is 0.978. The number of fused-ring (bicyclic) bond motifs is 5. The Balaban J connectivity index is 1.45. The van der Waals surface area contributed by atoms with E-state index in [1.807, 2.05) is 17.7 Å². The SMILES string of the molecule is c1nc2sc3c(c2c2nnc(SCCN4CCCC4)n12)CCC3. The van der Waals surface area contributed by atoms with Gasteiger partial charge in [0.05, 0.1) is 5.39 Å². The molecule has 1 aliphatic heterocycles. The molecule has 0 atom stereocenters. The van der Waals surface area contributed by atoms with Gasteiger partial charge in [-0.3, -0.25) is 4.40 Å². The van der Waals surface area contributed by atoms with Crippen LogP contribution < -0.4 is 0 Å². The number of rotatable bonds is 4. The van der Waals surface area contributed by atoms with E-state index >= 15 is 0 Å². The van der Waals surface area contributed by atoms with E-state index in [2.05, 4.69) is 24.5 Å². The van der Waals surface area contributed by atoms with Crippen molar-refractivity contribution in [3.63, 3.8) is 0 Å². The molecule has 7 heteroatoms. The zero-order chi connectivity index (χ0) is 15.2. The van der Waals surface area contributed by atoms with Crippen molar-refractivity contribution in [2.45, 2.75) is 37.3 Å². The molecule has 1 fully saturated rings. The lowest BCUT2D eigenvalue weighted by Crippen LogP contribution is -2.21. The predicted octanol–water partition coefficient (Wildman–Crippen LogP) is 3.02. The molecule has 0 unspecified atom stereocenters. The first-order valence-corrected chi connectivity index (χ1v) is 10.2. The molecular formula is C16H19N5S2. The van der Waals surface area contributed by atoms with Gasteiger partial charge in [0.2, 0.25) is 0 Å². The van der Waals surface area contributed by atoms with Crippen molar-refractivity contribution in [2.75, 3.05) is 25.4 Å². The van der Waals surface area contributed by atoms with E-state index in [0.29, 0.717) is 0 Å². The van der Waals surface area contributed by atoms with E-state index < -0.39 is 0 Å². The Morgan fingerprint density at radius 1 is 1.13 bits per heavy atom. The Kier molecular flexibility index (Phi) is 3.53. The zero-order valence-corrected chi connectivity index (χ0v) is 14.6. The second-order valence-corrected chi connectivity index (χ2v) is 8.50. The van der Waals surface area contributed by atoms with E-state index in [0.717, 1.165) is 27.9 Å². The van der Waals surface area contributed by atoms with E-state index in [1.165, 1.54) is 61.0 Å². The summed E-state index contributed by atoms with van der Waals surface area (Å²) in [5.74, 6) is 1.07. The van der Waals surface area contributed by atoms with Crippen LogP contribution in [0.25, 0.3) is 15.9 Å². The highest BCUT2D eigenvalue weighted by Crippen LogP contribution is 2.38. The third-order valence-electron chi connectivity index (χ3n) is 4.92. The maximum absolute atomic E-state index is 4.67. The van der Waals surface area contributed by atoms with Gasteiger partial charge in [0.25, 0.3) is 0 Å². The van der Waals surface area contributed by atoms with Crippen molar-refractivity contribution in [1.82, 2.24) is 24.5 Å². The average molecular weight is 345 g/mol. The maximum Gasteiger partial charge on any atom is 0.196 e. The second-order valence-electron chi connectivity index (χ2n) is 6.36. The van der Waals surface area contributed by atoms with Crippen molar-refractivity contribution < 1.29 is 0 Å². The first kappa shape index (κ1) is 14.2. The van der Waals surface area contributed by atoms with Gasteiger partial charge in [0, 0.05) is 17.2 Å². The number of thiophene rings is 1. The zero-order valence-electron chi connectivity index (χ0n) is 13.0. The van der Waals surface area contributed by atoms with Crippen LogP contribution in [0, 0.1) is 0 Å².